The second-order valence-electron chi connectivity index (χ2n) is 4.71. The van der Waals surface area contributed by atoms with Crippen molar-refractivity contribution in [3.05, 3.63) is 17.8 Å². The summed E-state index contributed by atoms with van der Waals surface area (Å²) in [6.45, 7) is 2.24. The molecule has 0 aliphatic carbocycles. The van der Waals surface area contributed by atoms with Gasteiger partial charge in [-0.05, 0) is 38.6 Å². The third-order valence-electron chi connectivity index (χ3n) is 3.33. The number of fused-ring (bicyclic) bond motifs is 1. The number of nitrogens with two attached hydrogens (primary N) is 1. The normalized spacial score (nSPS) is 22.1. The Kier molecular flexibility index (Phi) is 2.48. The summed E-state index contributed by atoms with van der Waals surface area (Å²) in [6, 6.07) is 4.12. The van der Waals surface area contributed by atoms with Crippen LogP contribution in [0.4, 0.5) is 6.01 Å². The number of oxazole rings is 1. The van der Waals surface area contributed by atoms with Crippen LogP contribution < -0.4 is 5.73 Å². The molecule has 2 N–H and O–H groups in total. The predicted octanol–water partition coefficient (Wildman–Crippen LogP) is 1.61. The molecule has 0 amide bonds. The number of pyridine rings is 1. The van der Waals surface area contributed by atoms with Crippen molar-refractivity contribution in [1.82, 2.24) is 14.9 Å². The Balaban J connectivity index is 1.94. The molecule has 3 heterocycles. The fraction of sp³-hybridized carbons (Fsp3) is 0.500. The van der Waals surface area contributed by atoms with Crippen molar-refractivity contribution in [1.29, 1.82) is 0 Å². The van der Waals surface area contributed by atoms with Gasteiger partial charge < -0.3 is 15.1 Å². The number of nitrogens with zero attached hydrogens (tertiary/aromatic N) is 3. The summed E-state index contributed by atoms with van der Waals surface area (Å²) in [5, 5.41) is 0. The smallest absolute Gasteiger partial charge is 0.294 e. The highest BCUT2D eigenvalue weighted by atomic mass is 16.4. The summed E-state index contributed by atoms with van der Waals surface area (Å²) in [4.78, 5) is 11.0. The van der Waals surface area contributed by atoms with Crippen molar-refractivity contribution in [3.63, 3.8) is 0 Å². The largest absolute Gasteiger partial charge is 0.422 e. The van der Waals surface area contributed by atoms with Crippen molar-refractivity contribution < 1.29 is 4.42 Å². The molecule has 2 aromatic rings. The Morgan fingerprint density at radius 3 is 3.12 bits per heavy atom. The lowest BCUT2D eigenvalue weighted by atomic mass is 9.95. The van der Waals surface area contributed by atoms with Crippen LogP contribution in [0.25, 0.3) is 11.2 Å². The number of likely N-dealkylation sites (tertiary alicyclic amines) is 1. The van der Waals surface area contributed by atoms with Gasteiger partial charge in [0.2, 0.25) is 5.65 Å². The Bertz CT molecular complexity index is 536. The van der Waals surface area contributed by atoms with Crippen LogP contribution in [-0.4, -0.2) is 35.0 Å². The molecule has 1 aliphatic rings. The van der Waals surface area contributed by atoms with E-state index in [1.54, 1.807) is 0 Å². The van der Waals surface area contributed by atoms with Gasteiger partial charge in [0.05, 0.1) is 0 Å². The standard InChI is InChI=1S/C12H16N4O/c1-16-6-2-3-8(7-16)9-4-5-10-11(14-9)15-12(13)17-10/h4-5,8H,2-3,6-7H2,1H3,(H2,13,14,15)/t8-/m1/s1. The number of rotatable bonds is 1. The minimum atomic E-state index is 0.186. The summed E-state index contributed by atoms with van der Waals surface area (Å²) < 4.78 is 5.23. The van der Waals surface area contributed by atoms with Crippen LogP contribution in [0.15, 0.2) is 16.5 Å². The maximum Gasteiger partial charge on any atom is 0.294 e. The molecule has 2 aromatic heterocycles. The van der Waals surface area contributed by atoms with Crippen LogP contribution in [0.3, 0.4) is 0 Å². The number of piperidine rings is 1. The number of likely N-dealkylation sites (N-methyl/N-ethyl adjacent to an activating group) is 1. The van der Waals surface area contributed by atoms with Gasteiger partial charge in [0.25, 0.3) is 6.01 Å². The zero-order valence-electron chi connectivity index (χ0n) is 9.89. The van der Waals surface area contributed by atoms with Gasteiger partial charge in [0.1, 0.15) is 0 Å². The summed E-state index contributed by atoms with van der Waals surface area (Å²) in [6.07, 6.45) is 2.41. The van der Waals surface area contributed by atoms with Gasteiger partial charge in [-0.1, -0.05) is 0 Å². The van der Waals surface area contributed by atoms with Crippen molar-refractivity contribution in [2.24, 2.45) is 0 Å². The number of nitrogen functional groups attached to an aromatic ring is 1. The van der Waals surface area contributed by atoms with Crippen LogP contribution in [0, 0.1) is 0 Å². The molecule has 17 heavy (non-hydrogen) atoms. The molecule has 1 aliphatic heterocycles. The summed E-state index contributed by atoms with van der Waals surface area (Å²) in [5.41, 5.74) is 7.89. The number of aromatic nitrogens is 2. The Morgan fingerprint density at radius 2 is 2.29 bits per heavy atom. The van der Waals surface area contributed by atoms with Gasteiger partial charge in [-0.3, -0.25) is 0 Å². The lowest BCUT2D eigenvalue weighted by Crippen LogP contribution is -2.31. The minimum absolute atomic E-state index is 0.186. The van der Waals surface area contributed by atoms with Gasteiger partial charge >= 0.3 is 0 Å². The maximum atomic E-state index is 5.52. The van der Waals surface area contributed by atoms with Crippen LogP contribution >= 0.6 is 0 Å². The second kappa shape index (κ2) is 4.00. The molecule has 90 valence electrons. The Morgan fingerprint density at radius 1 is 1.41 bits per heavy atom. The SMILES string of the molecule is CN1CCC[C@@H](c2ccc3oc(N)nc3n2)C1. The Hall–Kier alpha value is -1.62. The van der Waals surface area contributed by atoms with Crippen LogP contribution in [-0.2, 0) is 0 Å². The molecule has 0 bridgehead atoms. The highest BCUT2D eigenvalue weighted by molar-refractivity contribution is 5.69. The molecule has 5 heteroatoms. The number of anilines is 1. The molecule has 0 unspecified atom stereocenters. The summed E-state index contributed by atoms with van der Waals surface area (Å²) in [7, 11) is 2.15. The molecule has 3 rings (SSSR count). The van der Waals surface area contributed by atoms with E-state index >= 15 is 0 Å². The van der Waals surface area contributed by atoms with E-state index in [1.807, 2.05) is 12.1 Å². The highest BCUT2D eigenvalue weighted by Crippen LogP contribution is 2.26. The van der Waals surface area contributed by atoms with E-state index < -0.39 is 0 Å². The van der Waals surface area contributed by atoms with Gasteiger partial charge in [-0.15, -0.1) is 0 Å². The van der Waals surface area contributed by atoms with Crippen molar-refractivity contribution in [2.45, 2.75) is 18.8 Å². The van der Waals surface area contributed by atoms with Gasteiger partial charge in [-0.25, -0.2) is 4.98 Å². The zero-order chi connectivity index (χ0) is 11.8. The van der Waals surface area contributed by atoms with Crippen LogP contribution in [0.5, 0.6) is 0 Å². The quantitative estimate of drug-likeness (QED) is 0.809. The van der Waals surface area contributed by atoms with E-state index in [2.05, 4.69) is 21.9 Å². The third-order valence-corrected chi connectivity index (χ3v) is 3.33. The number of hydrogen-bond donors (Lipinski definition) is 1. The predicted molar refractivity (Wildman–Crippen MR) is 65.7 cm³/mol. The lowest BCUT2D eigenvalue weighted by Gasteiger charge is -2.29. The first-order valence-electron chi connectivity index (χ1n) is 5.94. The average molecular weight is 232 g/mol. The molecule has 5 nitrogen and oxygen atoms in total. The van der Waals surface area contributed by atoms with E-state index in [1.165, 1.54) is 19.4 Å². The first-order valence-corrected chi connectivity index (χ1v) is 5.94. The van der Waals surface area contributed by atoms with Gasteiger partial charge in [-0.2, -0.15) is 4.98 Å². The lowest BCUT2D eigenvalue weighted by molar-refractivity contribution is 0.248. The molecule has 1 atom stereocenters. The van der Waals surface area contributed by atoms with Crippen LogP contribution in [0.2, 0.25) is 0 Å². The molecule has 0 radical (unpaired) electrons. The molecule has 1 saturated heterocycles. The zero-order valence-corrected chi connectivity index (χ0v) is 9.89. The third kappa shape index (κ3) is 1.98. The van der Waals surface area contributed by atoms with Crippen molar-refractivity contribution >= 4 is 17.2 Å². The number of hydrogen-bond acceptors (Lipinski definition) is 5. The minimum Gasteiger partial charge on any atom is -0.422 e. The van der Waals surface area contributed by atoms with E-state index in [0.29, 0.717) is 17.1 Å². The topological polar surface area (TPSA) is 68.2 Å². The molecule has 0 spiro atoms. The monoisotopic (exact) mass is 232 g/mol. The molecular formula is C12H16N4O. The maximum absolute atomic E-state index is 5.52. The molecule has 0 saturated carbocycles. The highest BCUT2D eigenvalue weighted by Gasteiger charge is 2.20. The average Bonchev–Trinajstić information content (AvgIpc) is 2.68. The van der Waals surface area contributed by atoms with Crippen molar-refractivity contribution in [2.75, 3.05) is 25.9 Å². The fourth-order valence-corrected chi connectivity index (χ4v) is 2.49. The van der Waals surface area contributed by atoms with Crippen LogP contribution in [0.1, 0.15) is 24.5 Å². The summed E-state index contributed by atoms with van der Waals surface area (Å²) in [5.74, 6) is 0.496. The van der Waals surface area contributed by atoms with E-state index in [0.717, 1.165) is 12.2 Å². The molecular weight excluding hydrogens is 216 g/mol. The molecule has 1 fully saturated rings. The second-order valence-corrected chi connectivity index (χ2v) is 4.71. The van der Waals surface area contributed by atoms with Gasteiger partial charge in [0.15, 0.2) is 5.58 Å². The van der Waals surface area contributed by atoms with E-state index in [9.17, 15) is 0 Å². The first-order chi connectivity index (χ1) is 8.22. The van der Waals surface area contributed by atoms with Gasteiger partial charge in [0, 0.05) is 18.2 Å². The fourth-order valence-electron chi connectivity index (χ4n) is 2.49. The molecule has 0 aromatic carbocycles. The van der Waals surface area contributed by atoms with E-state index in [-0.39, 0.29) is 6.01 Å². The summed E-state index contributed by atoms with van der Waals surface area (Å²) >= 11 is 0. The Labute approximate surface area is 99.6 Å². The van der Waals surface area contributed by atoms with Crippen molar-refractivity contribution in [3.8, 4) is 0 Å². The first kappa shape index (κ1) is 10.5. The van der Waals surface area contributed by atoms with E-state index in [4.69, 9.17) is 10.2 Å².